The Bertz CT molecular complexity index is 1100. The number of hydrogen-bond donors (Lipinski definition) is 1. The minimum Gasteiger partial charge on any atom is -0.374 e. The lowest BCUT2D eigenvalue weighted by Crippen LogP contribution is -2.44. The average molecular weight is 419 g/mol. The monoisotopic (exact) mass is 419 g/mol. The van der Waals surface area contributed by atoms with Gasteiger partial charge in [0.15, 0.2) is 0 Å². The van der Waals surface area contributed by atoms with Gasteiger partial charge in [-0.2, -0.15) is 18.2 Å². The van der Waals surface area contributed by atoms with Crippen molar-refractivity contribution in [1.82, 2.24) is 15.1 Å². The second kappa shape index (κ2) is 7.23. The van der Waals surface area contributed by atoms with E-state index in [1.54, 1.807) is 36.4 Å². The number of alkyl halides is 3. The molecule has 0 radical (unpaired) electrons. The van der Waals surface area contributed by atoms with E-state index in [0.29, 0.717) is 15.8 Å². The molecule has 1 N–H and O–H groups in total. The van der Waals surface area contributed by atoms with E-state index in [-0.39, 0.29) is 11.7 Å². The number of halogens is 3. The molecule has 0 fully saturated rings. The maximum atomic E-state index is 13.8. The molecule has 1 atom stereocenters. The van der Waals surface area contributed by atoms with Crippen molar-refractivity contribution < 1.29 is 22.8 Å². The fourth-order valence-corrected chi connectivity index (χ4v) is 3.97. The predicted octanol–water partition coefficient (Wildman–Crippen LogP) is 4.90. The molecule has 0 spiro atoms. The van der Waals surface area contributed by atoms with Crippen molar-refractivity contribution in [1.29, 1.82) is 0 Å². The molecule has 9 heteroatoms. The molecule has 0 aliphatic heterocycles. The Morgan fingerprint density at radius 3 is 2.41 bits per heavy atom. The first-order valence-corrected chi connectivity index (χ1v) is 9.69. The predicted molar refractivity (Wildman–Crippen MR) is 102 cm³/mol. The average Bonchev–Trinajstić information content (AvgIpc) is 3.34. The maximum absolute atomic E-state index is 13.8. The Morgan fingerprint density at radius 2 is 1.76 bits per heavy atom. The Morgan fingerprint density at radius 1 is 1.03 bits per heavy atom. The van der Waals surface area contributed by atoms with Crippen molar-refractivity contribution >= 4 is 21.6 Å². The molecule has 0 amide bonds. The van der Waals surface area contributed by atoms with Gasteiger partial charge >= 0.3 is 6.18 Å². The van der Waals surface area contributed by atoms with Crippen LogP contribution in [0.15, 0.2) is 53.1 Å². The van der Waals surface area contributed by atoms with Gasteiger partial charge < -0.3 is 9.63 Å². The molecule has 0 aliphatic rings. The number of thiazole rings is 1. The van der Waals surface area contributed by atoms with E-state index in [4.69, 9.17) is 4.52 Å². The summed E-state index contributed by atoms with van der Waals surface area (Å²) in [6.45, 7) is 2.02. The number of rotatable bonds is 5. The lowest BCUT2D eigenvalue weighted by Gasteiger charge is -2.26. The SMILES string of the molecule is CCc1ccc(-c2noc(C[C@@](O)(c3nc4ccccc4s3)C(F)(F)F)n2)cc1. The Balaban J connectivity index is 1.68. The Hall–Kier alpha value is -2.78. The molecular weight excluding hydrogens is 403 g/mol. The summed E-state index contributed by atoms with van der Waals surface area (Å²) in [4.78, 5) is 8.04. The molecule has 150 valence electrons. The number of aliphatic hydroxyl groups is 1. The van der Waals surface area contributed by atoms with Crippen molar-refractivity contribution in [3.05, 3.63) is 65.0 Å². The molecular formula is C20H16F3N3O2S. The fraction of sp³-hybridized carbons (Fsp3) is 0.250. The van der Waals surface area contributed by atoms with Crippen molar-refractivity contribution in [3.63, 3.8) is 0 Å². The molecule has 2 aromatic carbocycles. The van der Waals surface area contributed by atoms with Gasteiger partial charge in [-0.15, -0.1) is 11.3 Å². The second-order valence-electron chi connectivity index (χ2n) is 6.58. The van der Waals surface area contributed by atoms with Crippen LogP contribution in [-0.2, 0) is 18.4 Å². The Labute approximate surface area is 167 Å². The van der Waals surface area contributed by atoms with Gasteiger partial charge in [-0.1, -0.05) is 48.5 Å². The summed E-state index contributed by atoms with van der Waals surface area (Å²) in [5.41, 5.74) is -1.11. The van der Waals surface area contributed by atoms with Crippen molar-refractivity contribution in [2.75, 3.05) is 0 Å². The molecule has 0 aliphatic carbocycles. The van der Waals surface area contributed by atoms with Crippen LogP contribution in [0.3, 0.4) is 0 Å². The van der Waals surface area contributed by atoms with Crippen LogP contribution in [0, 0.1) is 0 Å². The van der Waals surface area contributed by atoms with Gasteiger partial charge in [-0.05, 0) is 24.1 Å². The van der Waals surface area contributed by atoms with Gasteiger partial charge in [-0.3, -0.25) is 0 Å². The molecule has 29 heavy (non-hydrogen) atoms. The van der Waals surface area contributed by atoms with Gasteiger partial charge in [0.1, 0.15) is 5.01 Å². The molecule has 0 bridgehead atoms. The van der Waals surface area contributed by atoms with E-state index in [2.05, 4.69) is 15.1 Å². The largest absolute Gasteiger partial charge is 0.424 e. The van der Waals surface area contributed by atoms with E-state index in [1.807, 2.05) is 19.1 Å². The lowest BCUT2D eigenvalue weighted by molar-refractivity contribution is -0.267. The summed E-state index contributed by atoms with van der Waals surface area (Å²) in [6, 6.07) is 13.9. The van der Waals surface area contributed by atoms with Gasteiger partial charge in [-0.25, -0.2) is 4.98 Å². The van der Waals surface area contributed by atoms with Crippen LogP contribution in [-0.4, -0.2) is 26.4 Å². The number of aryl methyl sites for hydroxylation is 1. The van der Waals surface area contributed by atoms with Crippen LogP contribution < -0.4 is 0 Å². The molecule has 2 aromatic heterocycles. The van der Waals surface area contributed by atoms with E-state index >= 15 is 0 Å². The minimum absolute atomic E-state index is 0.163. The molecule has 4 rings (SSSR count). The number of nitrogens with zero attached hydrogens (tertiary/aromatic N) is 3. The van der Waals surface area contributed by atoms with Crippen molar-refractivity contribution in [2.24, 2.45) is 0 Å². The lowest BCUT2D eigenvalue weighted by atomic mass is 10.00. The molecule has 2 heterocycles. The van der Waals surface area contributed by atoms with E-state index < -0.39 is 23.2 Å². The quantitative estimate of drug-likeness (QED) is 0.498. The molecule has 0 saturated carbocycles. The number of benzene rings is 2. The third kappa shape index (κ3) is 3.63. The van der Waals surface area contributed by atoms with Gasteiger partial charge in [0.25, 0.3) is 0 Å². The molecule has 4 aromatic rings. The standard InChI is InChI=1S/C20H16F3N3O2S/c1-2-12-7-9-13(10-8-12)17-25-16(28-26-17)11-19(27,20(21,22)23)18-24-14-5-3-4-6-15(14)29-18/h3-10,27H,2,11H2,1H3/t19-/m1/s1. The fourth-order valence-electron chi connectivity index (χ4n) is 2.90. The molecule has 0 saturated heterocycles. The van der Waals surface area contributed by atoms with Crippen molar-refractivity contribution in [3.8, 4) is 11.4 Å². The highest BCUT2D eigenvalue weighted by molar-refractivity contribution is 7.18. The van der Waals surface area contributed by atoms with E-state index in [9.17, 15) is 18.3 Å². The van der Waals surface area contributed by atoms with Gasteiger partial charge in [0.2, 0.25) is 17.3 Å². The van der Waals surface area contributed by atoms with Gasteiger partial charge in [0.05, 0.1) is 16.6 Å². The van der Waals surface area contributed by atoms with Crippen LogP contribution >= 0.6 is 11.3 Å². The first-order chi connectivity index (χ1) is 13.8. The first-order valence-electron chi connectivity index (χ1n) is 8.87. The van der Waals surface area contributed by atoms with Crippen LogP contribution in [0.1, 0.15) is 23.4 Å². The third-order valence-electron chi connectivity index (χ3n) is 4.61. The number of aromatic nitrogens is 3. The zero-order valence-corrected chi connectivity index (χ0v) is 16.1. The normalized spacial score (nSPS) is 14.2. The maximum Gasteiger partial charge on any atom is 0.424 e. The highest BCUT2D eigenvalue weighted by Crippen LogP contribution is 2.44. The smallest absolute Gasteiger partial charge is 0.374 e. The zero-order chi connectivity index (χ0) is 20.6. The van der Waals surface area contributed by atoms with E-state index in [1.165, 1.54) is 0 Å². The summed E-state index contributed by atoms with van der Waals surface area (Å²) in [7, 11) is 0. The van der Waals surface area contributed by atoms with Crippen LogP contribution in [0.25, 0.3) is 21.6 Å². The van der Waals surface area contributed by atoms with Crippen LogP contribution in [0.5, 0.6) is 0 Å². The van der Waals surface area contributed by atoms with Crippen molar-refractivity contribution in [2.45, 2.75) is 31.5 Å². The second-order valence-corrected chi connectivity index (χ2v) is 7.61. The number of hydrogen-bond acceptors (Lipinski definition) is 6. The minimum atomic E-state index is -4.97. The highest BCUT2D eigenvalue weighted by atomic mass is 32.1. The highest BCUT2D eigenvalue weighted by Gasteiger charge is 2.58. The summed E-state index contributed by atoms with van der Waals surface area (Å²) >= 11 is 0.787. The summed E-state index contributed by atoms with van der Waals surface area (Å²) in [5.74, 6) is -0.157. The molecule has 0 unspecified atom stereocenters. The first kappa shape index (κ1) is 19.5. The van der Waals surface area contributed by atoms with E-state index in [0.717, 1.165) is 23.3 Å². The third-order valence-corrected chi connectivity index (χ3v) is 5.80. The summed E-state index contributed by atoms with van der Waals surface area (Å²) in [6.07, 6.45) is -5.03. The summed E-state index contributed by atoms with van der Waals surface area (Å²) in [5, 5.41) is 13.9. The van der Waals surface area contributed by atoms with Crippen LogP contribution in [0.4, 0.5) is 13.2 Å². The number of fused-ring (bicyclic) bond motifs is 1. The van der Waals surface area contributed by atoms with Gasteiger partial charge in [0, 0.05) is 5.56 Å². The van der Waals surface area contributed by atoms with Crippen LogP contribution in [0.2, 0.25) is 0 Å². The topological polar surface area (TPSA) is 72.0 Å². The molecule has 5 nitrogen and oxygen atoms in total. The number of para-hydroxylation sites is 1. The Kier molecular flexibility index (Phi) is 4.87. The summed E-state index contributed by atoms with van der Waals surface area (Å²) < 4.78 is 47.1. The zero-order valence-electron chi connectivity index (χ0n) is 15.3.